The number of carbonyl (C=O) groups is 1. The third-order valence-electron chi connectivity index (χ3n) is 5.97. The predicted molar refractivity (Wildman–Crippen MR) is 123 cm³/mol. The van der Waals surface area contributed by atoms with Gasteiger partial charge in [-0.2, -0.15) is 0 Å². The van der Waals surface area contributed by atoms with Gasteiger partial charge in [0, 0.05) is 16.1 Å². The van der Waals surface area contributed by atoms with Gasteiger partial charge in [0.05, 0.1) is 12.4 Å². The summed E-state index contributed by atoms with van der Waals surface area (Å²) in [6.07, 6.45) is 4.86. The number of amides is 1. The van der Waals surface area contributed by atoms with E-state index in [-0.39, 0.29) is 17.8 Å². The highest BCUT2D eigenvalue weighted by atomic mass is 32.2. The number of rotatable bonds is 4. The van der Waals surface area contributed by atoms with Crippen molar-refractivity contribution in [1.29, 1.82) is 0 Å². The number of hydrazine groups is 1. The average Bonchev–Trinajstić information content (AvgIpc) is 3.49. The Kier molecular flexibility index (Phi) is 4.75. The molecule has 3 aliphatic rings. The van der Waals surface area contributed by atoms with E-state index in [9.17, 15) is 4.79 Å². The third-order valence-corrected chi connectivity index (χ3v) is 8.19. The number of hydrogen-bond donors (Lipinski definition) is 3. The van der Waals surface area contributed by atoms with E-state index in [0.29, 0.717) is 6.67 Å². The van der Waals surface area contributed by atoms with Crippen LogP contribution in [-0.2, 0) is 17.6 Å². The van der Waals surface area contributed by atoms with E-state index in [1.807, 2.05) is 42.5 Å². The Bertz CT molecular complexity index is 1150. The first-order chi connectivity index (χ1) is 15.2. The summed E-state index contributed by atoms with van der Waals surface area (Å²) in [5.74, 6) is 1.01. The highest BCUT2D eigenvalue weighted by Gasteiger charge is 2.41. The Labute approximate surface area is 188 Å². The topological polar surface area (TPSA) is 87.1 Å². The molecule has 3 N–H and O–H groups in total. The summed E-state index contributed by atoms with van der Waals surface area (Å²) in [6.45, 7) is 2.73. The first-order valence-electron chi connectivity index (χ1n) is 10.5. The fourth-order valence-electron chi connectivity index (χ4n) is 4.50. The zero-order valence-electron chi connectivity index (χ0n) is 17.1. The number of aryl methyl sites for hydroxylation is 2. The fourth-order valence-corrected chi connectivity index (χ4v) is 6.71. The minimum atomic E-state index is -0.0495. The Morgan fingerprint density at radius 1 is 1.26 bits per heavy atom. The van der Waals surface area contributed by atoms with Crippen LogP contribution in [0.15, 0.2) is 29.4 Å². The van der Waals surface area contributed by atoms with E-state index in [0.717, 1.165) is 29.6 Å². The fraction of sp³-hybridized carbons (Fsp3) is 0.381. The number of thiophene rings is 1. The van der Waals surface area contributed by atoms with Gasteiger partial charge in [-0.25, -0.2) is 9.99 Å². The van der Waals surface area contributed by atoms with Gasteiger partial charge >= 0.3 is 0 Å². The van der Waals surface area contributed by atoms with Gasteiger partial charge in [0.1, 0.15) is 11.2 Å². The van der Waals surface area contributed by atoms with Crippen molar-refractivity contribution < 1.29 is 4.79 Å². The van der Waals surface area contributed by atoms with Crippen molar-refractivity contribution in [3.8, 4) is 5.00 Å². The van der Waals surface area contributed by atoms with Gasteiger partial charge in [-0.1, -0.05) is 29.5 Å². The molecule has 8 nitrogen and oxygen atoms in total. The van der Waals surface area contributed by atoms with E-state index < -0.39 is 0 Å². The molecule has 2 aromatic heterocycles. The SMILES string of the molecule is Cc1ccc(NC(=O)CSc2nnc3n2-c2sc4c(c2C2NCNN32)CCCC4)cc1. The smallest absolute Gasteiger partial charge is 0.249 e. The number of benzene rings is 1. The quantitative estimate of drug-likeness (QED) is 0.523. The summed E-state index contributed by atoms with van der Waals surface area (Å²) >= 11 is 3.29. The molecule has 0 saturated carbocycles. The van der Waals surface area contributed by atoms with E-state index >= 15 is 0 Å². The summed E-state index contributed by atoms with van der Waals surface area (Å²) in [7, 11) is 0. The highest BCUT2D eigenvalue weighted by molar-refractivity contribution is 7.99. The van der Waals surface area contributed by atoms with Crippen molar-refractivity contribution >= 4 is 40.6 Å². The van der Waals surface area contributed by atoms with Gasteiger partial charge in [0.15, 0.2) is 5.16 Å². The summed E-state index contributed by atoms with van der Waals surface area (Å²) in [5, 5.41) is 19.5. The van der Waals surface area contributed by atoms with Crippen LogP contribution in [0.25, 0.3) is 5.00 Å². The van der Waals surface area contributed by atoms with E-state index in [1.165, 1.54) is 51.2 Å². The number of nitrogens with one attached hydrogen (secondary N) is 3. The molecule has 10 heteroatoms. The van der Waals surface area contributed by atoms with Crippen LogP contribution >= 0.6 is 23.1 Å². The molecule has 6 rings (SSSR count). The molecule has 1 unspecified atom stereocenters. The van der Waals surface area contributed by atoms with Crippen molar-refractivity contribution in [1.82, 2.24) is 25.5 Å². The van der Waals surface area contributed by atoms with Gasteiger partial charge in [-0.3, -0.25) is 15.1 Å². The van der Waals surface area contributed by atoms with E-state index in [1.54, 1.807) is 0 Å². The first-order valence-corrected chi connectivity index (χ1v) is 12.3. The van der Waals surface area contributed by atoms with Crippen molar-refractivity contribution in [2.24, 2.45) is 0 Å². The maximum Gasteiger partial charge on any atom is 0.249 e. The molecule has 4 heterocycles. The van der Waals surface area contributed by atoms with Crippen molar-refractivity contribution in [2.45, 2.75) is 43.9 Å². The Morgan fingerprint density at radius 3 is 2.97 bits per heavy atom. The van der Waals surface area contributed by atoms with Gasteiger partial charge in [0.2, 0.25) is 11.9 Å². The van der Waals surface area contributed by atoms with Gasteiger partial charge in [-0.05, 0) is 50.3 Å². The van der Waals surface area contributed by atoms with Crippen LogP contribution in [0.1, 0.15) is 40.6 Å². The van der Waals surface area contributed by atoms with Crippen LogP contribution in [-0.4, -0.2) is 33.1 Å². The second-order valence-electron chi connectivity index (χ2n) is 8.06. The minimum absolute atomic E-state index is 0.0495. The number of aromatic nitrogens is 3. The highest BCUT2D eigenvalue weighted by Crippen LogP contribution is 2.47. The molecule has 1 saturated heterocycles. The lowest BCUT2D eigenvalue weighted by atomic mass is 9.94. The molecule has 1 amide bonds. The van der Waals surface area contributed by atoms with Gasteiger partial charge in [-0.15, -0.1) is 21.5 Å². The molecule has 1 aliphatic carbocycles. The van der Waals surface area contributed by atoms with Crippen LogP contribution in [0.3, 0.4) is 0 Å². The molecule has 0 spiro atoms. The summed E-state index contributed by atoms with van der Waals surface area (Å²) in [5.41, 5.74) is 8.20. The molecule has 3 aromatic rings. The standard InChI is InChI=1S/C21H23N7OS2/c1-12-6-8-13(9-7-12)24-16(29)10-30-21-26-25-20-27(21)19-17(18-22-11-23-28(18)20)14-4-2-3-5-15(14)31-19/h6-9,18,22-23H,2-5,10-11H2,1H3,(H,24,29). The summed E-state index contributed by atoms with van der Waals surface area (Å²) < 4.78 is 2.12. The van der Waals surface area contributed by atoms with Gasteiger partial charge < -0.3 is 5.32 Å². The largest absolute Gasteiger partial charge is 0.325 e. The first kappa shape index (κ1) is 19.3. The number of thioether (sulfide) groups is 1. The Hall–Kier alpha value is -2.40. The molecule has 1 aromatic carbocycles. The lowest BCUT2D eigenvalue weighted by Crippen LogP contribution is -2.39. The minimum Gasteiger partial charge on any atom is -0.325 e. The van der Waals surface area contributed by atoms with Crippen LogP contribution in [0.4, 0.5) is 11.6 Å². The number of carbonyl (C=O) groups excluding carboxylic acids is 1. The molecule has 160 valence electrons. The number of anilines is 2. The Balaban J connectivity index is 1.29. The van der Waals surface area contributed by atoms with Crippen LogP contribution < -0.4 is 21.1 Å². The Morgan fingerprint density at radius 2 is 2.10 bits per heavy atom. The van der Waals surface area contributed by atoms with Gasteiger partial charge in [0.25, 0.3) is 0 Å². The molecule has 0 radical (unpaired) electrons. The number of hydrogen-bond acceptors (Lipinski definition) is 8. The number of nitrogens with zero attached hydrogens (tertiary/aromatic N) is 4. The second kappa shape index (κ2) is 7.63. The van der Waals surface area contributed by atoms with E-state index in [2.05, 4.69) is 35.8 Å². The van der Waals surface area contributed by atoms with Crippen LogP contribution in [0.5, 0.6) is 0 Å². The summed E-state index contributed by atoms with van der Waals surface area (Å²) in [6, 6.07) is 7.83. The van der Waals surface area contributed by atoms with Crippen LogP contribution in [0, 0.1) is 6.92 Å². The predicted octanol–water partition coefficient (Wildman–Crippen LogP) is 3.13. The molecule has 0 bridgehead atoms. The summed E-state index contributed by atoms with van der Waals surface area (Å²) in [4.78, 5) is 14.0. The zero-order valence-corrected chi connectivity index (χ0v) is 18.8. The molecule has 1 atom stereocenters. The molecular weight excluding hydrogens is 430 g/mol. The molecule has 31 heavy (non-hydrogen) atoms. The third kappa shape index (κ3) is 3.25. The van der Waals surface area contributed by atoms with E-state index in [4.69, 9.17) is 0 Å². The maximum atomic E-state index is 12.5. The average molecular weight is 454 g/mol. The van der Waals surface area contributed by atoms with Crippen molar-refractivity contribution in [2.75, 3.05) is 22.7 Å². The number of fused-ring (bicyclic) bond motifs is 8. The lowest BCUT2D eigenvalue weighted by molar-refractivity contribution is -0.113. The normalized spacial score (nSPS) is 18.9. The monoisotopic (exact) mass is 453 g/mol. The molecular formula is C21H23N7OS2. The molecule has 2 aliphatic heterocycles. The molecule has 1 fully saturated rings. The van der Waals surface area contributed by atoms with Crippen molar-refractivity contribution in [3.05, 3.63) is 45.8 Å². The van der Waals surface area contributed by atoms with Crippen molar-refractivity contribution in [3.63, 3.8) is 0 Å². The lowest BCUT2D eigenvalue weighted by Gasteiger charge is -2.31. The zero-order chi connectivity index (χ0) is 20.9. The second-order valence-corrected chi connectivity index (χ2v) is 10.1. The maximum absolute atomic E-state index is 12.5. The van der Waals surface area contributed by atoms with Crippen LogP contribution in [0.2, 0.25) is 0 Å².